The van der Waals surface area contributed by atoms with Crippen molar-refractivity contribution in [1.29, 1.82) is 0 Å². The molecule has 0 radical (unpaired) electrons. The van der Waals surface area contributed by atoms with Crippen molar-refractivity contribution in [3.63, 3.8) is 0 Å². The van der Waals surface area contributed by atoms with E-state index in [-0.39, 0.29) is 0 Å². The van der Waals surface area contributed by atoms with Gasteiger partial charge >= 0.3 is 0 Å². The van der Waals surface area contributed by atoms with Gasteiger partial charge in [0, 0.05) is 24.4 Å². The average molecular weight is 282 g/mol. The summed E-state index contributed by atoms with van der Waals surface area (Å²) in [6, 6.07) is 2.11. The smallest absolute Gasteiger partial charge is 0.122 e. The van der Waals surface area contributed by atoms with Crippen LogP contribution in [-0.2, 0) is 13.1 Å². The van der Waals surface area contributed by atoms with Crippen molar-refractivity contribution in [3.8, 4) is 0 Å². The molecule has 0 spiro atoms. The number of hydrogen-bond acceptors (Lipinski definition) is 4. The summed E-state index contributed by atoms with van der Waals surface area (Å²) in [6.45, 7) is 9.80. The van der Waals surface area contributed by atoms with Crippen LogP contribution in [0.5, 0.6) is 0 Å². The average Bonchev–Trinajstić information content (AvgIpc) is 2.64. The van der Waals surface area contributed by atoms with Crippen LogP contribution in [0.15, 0.2) is 16.7 Å². The number of hydrogen-bond donors (Lipinski definition) is 1. The van der Waals surface area contributed by atoms with Gasteiger partial charge < -0.3 is 9.73 Å². The Labute approximate surface area is 121 Å². The molecule has 4 heteroatoms. The normalized spacial score (nSPS) is 17.8. The number of furan rings is 1. The van der Waals surface area contributed by atoms with Gasteiger partial charge in [-0.1, -0.05) is 13.8 Å². The van der Waals surface area contributed by atoms with E-state index in [1.807, 2.05) is 6.26 Å². The molecule has 1 fully saturated rings. The van der Waals surface area contributed by atoms with E-state index in [0.29, 0.717) is 5.92 Å². The third kappa shape index (κ3) is 5.21. The fraction of sp³-hybridized carbons (Fsp3) is 0.733. The van der Waals surface area contributed by atoms with Gasteiger partial charge in [0.2, 0.25) is 0 Å². The van der Waals surface area contributed by atoms with Crippen LogP contribution in [0.4, 0.5) is 0 Å². The number of thioether (sulfide) groups is 1. The molecule has 0 amide bonds. The van der Waals surface area contributed by atoms with E-state index in [2.05, 4.69) is 41.9 Å². The van der Waals surface area contributed by atoms with Gasteiger partial charge in [0.05, 0.1) is 12.8 Å². The van der Waals surface area contributed by atoms with E-state index in [0.717, 1.165) is 25.4 Å². The van der Waals surface area contributed by atoms with Gasteiger partial charge in [-0.2, -0.15) is 11.8 Å². The Morgan fingerprint density at radius 3 is 3.11 bits per heavy atom. The second-order valence-electron chi connectivity index (χ2n) is 5.64. The molecule has 2 heterocycles. The first-order valence-electron chi connectivity index (χ1n) is 7.32. The zero-order valence-corrected chi connectivity index (χ0v) is 13.0. The molecule has 1 saturated heterocycles. The molecule has 2 rings (SSSR count). The second-order valence-corrected chi connectivity index (χ2v) is 6.86. The monoisotopic (exact) mass is 282 g/mol. The molecule has 19 heavy (non-hydrogen) atoms. The molecule has 1 aliphatic rings. The molecule has 3 nitrogen and oxygen atoms in total. The predicted molar refractivity (Wildman–Crippen MR) is 82.5 cm³/mol. The highest BCUT2D eigenvalue weighted by Crippen LogP contribution is 2.17. The molecule has 0 saturated carbocycles. The van der Waals surface area contributed by atoms with Crippen molar-refractivity contribution in [3.05, 3.63) is 23.7 Å². The minimum atomic E-state index is 0.693. The van der Waals surface area contributed by atoms with Crippen LogP contribution in [0.2, 0.25) is 0 Å². The molecule has 108 valence electrons. The van der Waals surface area contributed by atoms with Gasteiger partial charge in [-0.15, -0.1) is 0 Å². The standard InChI is InChI=1S/C15H26N2OS/c1-13(2)10-16-11-14-4-7-18-15(14)12-17-5-3-8-19-9-6-17/h4,7,13,16H,3,5-6,8-12H2,1-2H3. The Morgan fingerprint density at radius 1 is 1.37 bits per heavy atom. The molecule has 0 unspecified atom stereocenters. The van der Waals surface area contributed by atoms with Crippen molar-refractivity contribution >= 4 is 11.8 Å². The summed E-state index contributed by atoms with van der Waals surface area (Å²) in [5.41, 5.74) is 1.32. The first-order chi connectivity index (χ1) is 9.25. The van der Waals surface area contributed by atoms with E-state index < -0.39 is 0 Å². The molecule has 0 aliphatic carbocycles. The number of rotatable bonds is 6. The Balaban J connectivity index is 1.84. The lowest BCUT2D eigenvalue weighted by molar-refractivity contribution is 0.260. The fourth-order valence-electron chi connectivity index (χ4n) is 2.32. The van der Waals surface area contributed by atoms with Crippen LogP contribution < -0.4 is 5.32 Å². The second kappa shape index (κ2) is 7.98. The maximum absolute atomic E-state index is 5.68. The number of nitrogens with one attached hydrogen (secondary N) is 1. The highest BCUT2D eigenvalue weighted by Gasteiger charge is 2.14. The van der Waals surface area contributed by atoms with Gasteiger partial charge in [-0.3, -0.25) is 4.90 Å². The van der Waals surface area contributed by atoms with E-state index in [1.54, 1.807) is 0 Å². The van der Waals surface area contributed by atoms with Gasteiger partial charge in [0.15, 0.2) is 0 Å². The fourth-order valence-corrected chi connectivity index (χ4v) is 3.24. The summed E-state index contributed by atoms with van der Waals surface area (Å²) in [7, 11) is 0. The van der Waals surface area contributed by atoms with E-state index in [9.17, 15) is 0 Å². The zero-order valence-electron chi connectivity index (χ0n) is 12.2. The topological polar surface area (TPSA) is 28.4 Å². The van der Waals surface area contributed by atoms with Gasteiger partial charge in [-0.25, -0.2) is 0 Å². The summed E-state index contributed by atoms with van der Waals surface area (Å²) < 4.78 is 5.68. The van der Waals surface area contributed by atoms with Crippen LogP contribution >= 0.6 is 11.8 Å². The molecule has 1 aromatic heterocycles. The lowest BCUT2D eigenvalue weighted by atomic mass is 10.2. The summed E-state index contributed by atoms with van der Waals surface area (Å²) in [6.07, 6.45) is 3.13. The Kier molecular flexibility index (Phi) is 6.28. The van der Waals surface area contributed by atoms with Crippen molar-refractivity contribution in [2.75, 3.05) is 31.1 Å². The first kappa shape index (κ1) is 14.9. The Bertz CT molecular complexity index is 357. The van der Waals surface area contributed by atoms with Crippen LogP contribution in [0.3, 0.4) is 0 Å². The molecule has 1 aromatic rings. The van der Waals surface area contributed by atoms with Crippen molar-refractivity contribution in [1.82, 2.24) is 10.2 Å². The molecule has 0 aromatic carbocycles. The molecular weight excluding hydrogens is 256 g/mol. The Morgan fingerprint density at radius 2 is 2.26 bits per heavy atom. The predicted octanol–water partition coefficient (Wildman–Crippen LogP) is 2.96. The SMILES string of the molecule is CC(C)CNCc1ccoc1CN1CCCSCC1. The lowest BCUT2D eigenvalue weighted by Gasteiger charge is -2.18. The molecule has 1 aliphatic heterocycles. The highest BCUT2D eigenvalue weighted by atomic mass is 32.2. The van der Waals surface area contributed by atoms with Crippen molar-refractivity contribution < 1.29 is 4.42 Å². The van der Waals surface area contributed by atoms with Crippen molar-refractivity contribution in [2.24, 2.45) is 5.92 Å². The minimum Gasteiger partial charge on any atom is -0.468 e. The minimum absolute atomic E-state index is 0.693. The maximum atomic E-state index is 5.68. The van der Waals surface area contributed by atoms with Crippen LogP contribution in [0.25, 0.3) is 0 Å². The lowest BCUT2D eigenvalue weighted by Crippen LogP contribution is -2.26. The van der Waals surface area contributed by atoms with Crippen LogP contribution in [0, 0.1) is 5.92 Å². The zero-order chi connectivity index (χ0) is 13.5. The van der Waals surface area contributed by atoms with E-state index in [1.165, 1.54) is 36.6 Å². The summed E-state index contributed by atoms with van der Waals surface area (Å²) in [5, 5.41) is 3.49. The summed E-state index contributed by atoms with van der Waals surface area (Å²) in [5.74, 6) is 4.39. The third-order valence-electron chi connectivity index (χ3n) is 3.39. The third-order valence-corrected chi connectivity index (χ3v) is 4.44. The van der Waals surface area contributed by atoms with Gasteiger partial charge in [0.25, 0.3) is 0 Å². The first-order valence-corrected chi connectivity index (χ1v) is 8.47. The highest BCUT2D eigenvalue weighted by molar-refractivity contribution is 7.99. The van der Waals surface area contributed by atoms with Gasteiger partial charge in [-0.05, 0) is 37.2 Å². The van der Waals surface area contributed by atoms with E-state index in [4.69, 9.17) is 4.42 Å². The van der Waals surface area contributed by atoms with Crippen LogP contribution in [-0.4, -0.2) is 36.0 Å². The molecule has 0 bridgehead atoms. The Hall–Kier alpha value is -0.450. The van der Waals surface area contributed by atoms with Crippen molar-refractivity contribution in [2.45, 2.75) is 33.4 Å². The summed E-state index contributed by atoms with van der Waals surface area (Å²) in [4.78, 5) is 2.52. The van der Waals surface area contributed by atoms with Gasteiger partial charge in [0.1, 0.15) is 5.76 Å². The molecule has 0 atom stereocenters. The summed E-state index contributed by atoms with van der Waals surface area (Å²) >= 11 is 2.07. The molecule has 1 N–H and O–H groups in total. The van der Waals surface area contributed by atoms with E-state index >= 15 is 0 Å². The molecular formula is C15H26N2OS. The van der Waals surface area contributed by atoms with Crippen LogP contribution in [0.1, 0.15) is 31.6 Å². The maximum Gasteiger partial charge on any atom is 0.122 e. The largest absolute Gasteiger partial charge is 0.468 e. The number of nitrogens with zero attached hydrogens (tertiary/aromatic N) is 1. The quantitative estimate of drug-likeness (QED) is 0.868.